The van der Waals surface area contributed by atoms with Gasteiger partial charge in [0.05, 0.1) is 23.0 Å². The molecule has 0 saturated carbocycles. The van der Waals surface area contributed by atoms with Crippen LogP contribution in [0.4, 0.5) is 0 Å². The number of rotatable bonds is 2. The number of halogens is 2. The molecule has 0 aliphatic carbocycles. The molecule has 0 amide bonds. The minimum atomic E-state index is -1.50. The molecule has 0 radical (unpaired) electrons. The standard InChI is InChI=1S/C19H14Cl2N2O/c20-12-19(24)17-6-3-11-23(17)16-5-2-1-4-15(16)18(22-19)13-7-9-14(21)10-8-13/h1-11,24H,12H2. The zero-order valence-corrected chi connectivity index (χ0v) is 14.2. The maximum atomic E-state index is 11.1. The van der Waals surface area contributed by atoms with Gasteiger partial charge in [-0.15, -0.1) is 11.6 Å². The smallest absolute Gasteiger partial charge is 0.212 e. The van der Waals surface area contributed by atoms with Gasteiger partial charge in [0.25, 0.3) is 0 Å². The Morgan fingerprint density at radius 1 is 1.00 bits per heavy atom. The van der Waals surface area contributed by atoms with Crippen molar-refractivity contribution in [3.63, 3.8) is 0 Å². The lowest BCUT2D eigenvalue weighted by Crippen LogP contribution is -2.28. The van der Waals surface area contributed by atoms with Crippen molar-refractivity contribution in [2.75, 3.05) is 5.88 Å². The van der Waals surface area contributed by atoms with Crippen molar-refractivity contribution >= 4 is 28.9 Å². The van der Waals surface area contributed by atoms with Crippen molar-refractivity contribution in [3.05, 3.63) is 88.7 Å². The van der Waals surface area contributed by atoms with Gasteiger partial charge in [0.2, 0.25) is 5.72 Å². The fraction of sp³-hybridized carbons (Fsp3) is 0.105. The lowest BCUT2D eigenvalue weighted by Gasteiger charge is -2.21. The van der Waals surface area contributed by atoms with Gasteiger partial charge in [-0.1, -0.05) is 41.9 Å². The quantitative estimate of drug-likeness (QED) is 0.680. The fourth-order valence-electron chi connectivity index (χ4n) is 3.03. The number of aliphatic imine (C=N–C) groups is 1. The predicted molar refractivity (Wildman–Crippen MR) is 97.5 cm³/mol. The highest BCUT2D eigenvalue weighted by Gasteiger charge is 2.35. The van der Waals surface area contributed by atoms with Crippen molar-refractivity contribution < 1.29 is 5.11 Å². The largest absolute Gasteiger partial charge is 0.363 e. The average molecular weight is 357 g/mol. The van der Waals surface area contributed by atoms with Gasteiger partial charge < -0.3 is 9.67 Å². The molecule has 24 heavy (non-hydrogen) atoms. The summed E-state index contributed by atoms with van der Waals surface area (Å²) in [5.74, 6) is -0.0396. The Bertz CT molecular complexity index is 931. The van der Waals surface area contributed by atoms with Gasteiger partial charge in [-0.25, -0.2) is 4.99 Å². The minimum Gasteiger partial charge on any atom is -0.363 e. The first kappa shape index (κ1) is 15.5. The van der Waals surface area contributed by atoms with Crippen LogP contribution in [0.25, 0.3) is 5.69 Å². The van der Waals surface area contributed by atoms with Gasteiger partial charge in [0.1, 0.15) is 0 Å². The van der Waals surface area contributed by atoms with E-state index in [0.717, 1.165) is 16.8 Å². The summed E-state index contributed by atoms with van der Waals surface area (Å²) in [6, 6.07) is 19.1. The lowest BCUT2D eigenvalue weighted by molar-refractivity contribution is 0.0658. The molecule has 1 aliphatic heterocycles. The summed E-state index contributed by atoms with van der Waals surface area (Å²) < 4.78 is 1.93. The van der Waals surface area contributed by atoms with Crippen LogP contribution in [0, 0.1) is 0 Å². The number of hydrogen-bond acceptors (Lipinski definition) is 2. The molecule has 3 nitrogen and oxygen atoms in total. The molecule has 2 heterocycles. The van der Waals surface area contributed by atoms with Crippen molar-refractivity contribution in [1.29, 1.82) is 0 Å². The summed E-state index contributed by atoms with van der Waals surface area (Å²) in [7, 11) is 0. The maximum Gasteiger partial charge on any atom is 0.212 e. The van der Waals surface area contributed by atoms with E-state index < -0.39 is 5.72 Å². The van der Waals surface area contributed by atoms with Crippen LogP contribution in [0.5, 0.6) is 0 Å². The molecule has 2 aromatic carbocycles. The van der Waals surface area contributed by atoms with E-state index in [2.05, 4.69) is 4.99 Å². The van der Waals surface area contributed by atoms with Crippen molar-refractivity contribution in [2.45, 2.75) is 5.72 Å². The molecular weight excluding hydrogens is 343 g/mol. The molecule has 4 rings (SSSR count). The second-order valence-electron chi connectivity index (χ2n) is 5.70. The molecule has 120 valence electrons. The first-order valence-corrected chi connectivity index (χ1v) is 8.45. The Labute approximate surface area is 149 Å². The molecular formula is C19H14Cl2N2O. The third-order valence-corrected chi connectivity index (χ3v) is 4.80. The summed E-state index contributed by atoms with van der Waals surface area (Å²) in [5.41, 5.74) is 2.59. The maximum absolute atomic E-state index is 11.1. The van der Waals surface area contributed by atoms with Gasteiger partial charge >= 0.3 is 0 Å². The van der Waals surface area contributed by atoms with E-state index in [0.29, 0.717) is 16.4 Å². The van der Waals surface area contributed by atoms with E-state index in [4.69, 9.17) is 23.2 Å². The Hall–Kier alpha value is -2.07. The van der Waals surface area contributed by atoms with Crippen LogP contribution in [-0.2, 0) is 5.72 Å². The molecule has 0 saturated heterocycles. The highest BCUT2D eigenvalue weighted by atomic mass is 35.5. The number of para-hydroxylation sites is 1. The highest BCUT2D eigenvalue weighted by molar-refractivity contribution is 6.30. The van der Waals surface area contributed by atoms with E-state index in [1.807, 2.05) is 71.4 Å². The molecule has 0 spiro atoms. The number of aliphatic hydroxyl groups is 1. The number of fused-ring (bicyclic) bond motifs is 3. The molecule has 1 atom stereocenters. The topological polar surface area (TPSA) is 37.5 Å². The summed E-state index contributed by atoms with van der Waals surface area (Å²) >= 11 is 12.1. The summed E-state index contributed by atoms with van der Waals surface area (Å²) in [6.45, 7) is 0. The van der Waals surface area contributed by atoms with E-state index in [9.17, 15) is 5.11 Å². The molecule has 1 N–H and O–H groups in total. The van der Waals surface area contributed by atoms with Crippen LogP contribution < -0.4 is 0 Å². The number of aromatic nitrogens is 1. The summed E-state index contributed by atoms with van der Waals surface area (Å²) in [6.07, 6.45) is 1.91. The van der Waals surface area contributed by atoms with Crippen molar-refractivity contribution in [2.24, 2.45) is 4.99 Å². The van der Waals surface area contributed by atoms with Crippen LogP contribution in [0.1, 0.15) is 16.8 Å². The van der Waals surface area contributed by atoms with E-state index in [1.165, 1.54) is 0 Å². The third kappa shape index (κ3) is 2.37. The van der Waals surface area contributed by atoms with Crippen LogP contribution in [0.15, 0.2) is 71.9 Å². The number of alkyl halides is 1. The predicted octanol–water partition coefficient (Wildman–Crippen LogP) is 4.37. The monoisotopic (exact) mass is 356 g/mol. The minimum absolute atomic E-state index is 0.0396. The SMILES string of the molecule is OC1(CCl)N=C(c2ccc(Cl)cc2)c2ccccc2-n2cccc21. The molecule has 0 fully saturated rings. The van der Waals surface area contributed by atoms with Crippen LogP contribution in [-0.4, -0.2) is 21.3 Å². The number of nitrogens with zero attached hydrogens (tertiary/aromatic N) is 2. The van der Waals surface area contributed by atoms with Gasteiger partial charge in [0, 0.05) is 22.3 Å². The first-order chi connectivity index (χ1) is 11.6. The third-order valence-electron chi connectivity index (χ3n) is 4.18. The van der Waals surface area contributed by atoms with E-state index in [-0.39, 0.29) is 5.88 Å². The normalized spacial score (nSPS) is 19.2. The second-order valence-corrected chi connectivity index (χ2v) is 6.40. The van der Waals surface area contributed by atoms with Crippen LogP contribution in [0.3, 0.4) is 0 Å². The van der Waals surface area contributed by atoms with Crippen molar-refractivity contribution in [1.82, 2.24) is 4.57 Å². The second kappa shape index (κ2) is 5.78. The summed E-state index contributed by atoms with van der Waals surface area (Å²) in [4.78, 5) is 4.66. The van der Waals surface area contributed by atoms with Gasteiger partial charge in [0.15, 0.2) is 0 Å². The molecule has 0 bridgehead atoms. The highest BCUT2D eigenvalue weighted by Crippen LogP contribution is 2.34. The molecule has 1 aliphatic rings. The fourth-order valence-corrected chi connectivity index (χ4v) is 3.35. The Balaban J connectivity index is 2.04. The average Bonchev–Trinajstić information content (AvgIpc) is 3.07. The Morgan fingerprint density at radius 2 is 1.75 bits per heavy atom. The number of hydrogen-bond donors (Lipinski definition) is 1. The van der Waals surface area contributed by atoms with Gasteiger partial charge in [-0.3, -0.25) is 0 Å². The summed E-state index contributed by atoms with van der Waals surface area (Å²) in [5, 5.41) is 11.7. The molecule has 3 aromatic rings. The molecule has 1 unspecified atom stereocenters. The first-order valence-electron chi connectivity index (χ1n) is 7.54. The lowest BCUT2D eigenvalue weighted by atomic mass is 10.0. The van der Waals surface area contributed by atoms with E-state index >= 15 is 0 Å². The zero-order valence-electron chi connectivity index (χ0n) is 12.7. The van der Waals surface area contributed by atoms with Gasteiger partial charge in [-0.2, -0.15) is 0 Å². The molecule has 5 heteroatoms. The van der Waals surface area contributed by atoms with Gasteiger partial charge in [-0.05, 0) is 30.3 Å². The Kier molecular flexibility index (Phi) is 3.72. The zero-order chi connectivity index (χ0) is 16.7. The number of benzene rings is 2. The Morgan fingerprint density at radius 3 is 2.50 bits per heavy atom. The van der Waals surface area contributed by atoms with Crippen molar-refractivity contribution in [3.8, 4) is 5.69 Å². The van der Waals surface area contributed by atoms with E-state index in [1.54, 1.807) is 0 Å². The van der Waals surface area contributed by atoms with Crippen LogP contribution >= 0.6 is 23.2 Å². The van der Waals surface area contributed by atoms with Crippen LogP contribution in [0.2, 0.25) is 5.02 Å². The molecule has 1 aromatic heterocycles.